The van der Waals surface area contributed by atoms with Crippen LogP contribution in [0, 0.1) is 0 Å². The molecule has 26 nitrogen and oxygen atoms in total. The number of aliphatic hydroxyl groups excluding tert-OH is 1. The molecule has 14 rings (SSSR count). The molecular weight excluding hydrogens is 1550 g/mol. The van der Waals surface area contributed by atoms with Crippen LogP contribution in [0.4, 0.5) is 0 Å². The van der Waals surface area contributed by atoms with Crippen LogP contribution in [0.5, 0.6) is 74.7 Å². The van der Waals surface area contributed by atoms with Crippen LogP contribution in [0.2, 0.25) is 0 Å². The molecule has 0 aliphatic heterocycles. The normalized spacial score (nSPS) is 10.8. The Balaban J connectivity index is 0.000000158. The van der Waals surface area contributed by atoms with Crippen LogP contribution in [0.15, 0.2) is 265 Å². The van der Waals surface area contributed by atoms with Crippen LogP contribution in [0.1, 0.15) is 25.0 Å². The molecule has 14 aromatic rings. The van der Waals surface area contributed by atoms with Gasteiger partial charge < -0.3 is 91.2 Å². The Hall–Kier alpha value is -13.2. The van der Waals surface area contributed by atoms with E-state index < -0.39 is 36.5 Å². The number of benzene rings is 10. The molecule has 0 aliphatic carbocycles. The molecule has 4 heterocycles. The molecule has 30 heteroatoms. The number of methoxy groups -OCH3 is 1. The number of aromatic nitrogens is 4. The largest absolute Gasteiger partial charge is 0.508 e. The summed E-state index contributed by atoms with van der Waals surface area (Å²) in [7, 11) is -1.14. The molecule has 0 radical (unpaired) electrons. The first kappa shape index (κ1) is 80.9. The minimum Gasteiger partial charge on any atom is -0.508 e. The number of aliphatic hydroxyl groups is 1. The predicted octanol–water partition coefficient (Wildman–Crippen LogP) is 11.1. The Labute approximate surface area is 641 Å². The van der Waals surface area contributed by atoms with Gasteiger partial charge in [0.25, 0.3) is 22.2 Å². The number of phenols is 12. The van der Waals surface area contributed by atoms with Gasteiger partial charge in [0.05, 0.1) is 35.3 Å². The lowest BCUT2D eigenvalue weighted by molar-refractivity contribution is 0.282. The van der Waals surface area contributed by atoms with Crippen molar-refractivity contribution in [2.75, 3.05) is 7.11 Å². The zero-order chi connectivity index (χ0) is 79.9. The summed E-state index contributed by atoms with van der Waals surface area (Å²) >= 11 is 6.66. The number of nitrogens with zero attached hydrogens (tertiary/aromatic N) is 4. The average Bonchev–Trinajstić information content (AvgIpc) is 1.02. The molecule has 0 amide bonds. The van der Waals surface area contributed by atoms with E-state index in [4.69, 9.17) is 29.9 Å². The fourth-order valence-electron chi connectivity index (χ4n) is 11.2. The van der Waals surface area contributed by atoms with E-state index >= 15 is 0 Å². The number of hydrogen-bond donors (Lipinski definition) is 17. The highest BCUT2D eigenvalue weighted by atomic mass is 79.9. The summed E-state index contributed by atoms with van der Waals surface area (Å²) in [5.41, 5.74) is 3.82. The number of hydrogen-bond acceptors (Lipinski definition) is 22. The van der Waals surface area contributed by atoms with Gasteiger partial charge in [0.1, 0.15) is 74.7 Å². The van der Waals surface area contributed by atoms with E-state index in [1.165, 1.54) is 97.0 Å². The Morgan fingerprint density at radius 2 is 0.709 bits per heavy atom. The quantitative estimate of drug-likeness (QED) is 0.0566. The summed E-state index contributed by atoms with van der Waals surface area (Å²) < 4.78 is 11.8. The zero-order valence-corrected chi connectivity index (χ0v) is 61.3. The number of rotatable bonds is 10. The molecule has 0 aliphatic rings. The van der Waals surface area contributed by atoms with Crippen molar-refractivity contribution >= 4 is 101 Å². The van der Waals surface area contributed by atoms with E-state index in [2.05, 4.69) is 31.9 Å². The topological polar surface area (TPSA) is 441 Å². The lowest BCUT2D eigenvalue weighted by Gasteiger charge is -2.14. The first-order chi connectivity index (χ1) is 52.4. The first-order valence-electron chi connectivity index (χ1n) is 32.7. The summed E-state index contributed by atoms with van der Waals surface area (Å²) in [6, 6.07) is 48.5. The van der Waals surface area contributed by atoms with Crippen LogP contribution in [0.25, 0.3) is 83.0 Å². The van der Waals surface area contributed by atoms with Gasteiger partial charge in [-0.3, -0.25) is 37.4 Å². The lowest BCUT2D eigenvalue weighted by Crippen LogP contribution is -2.29. The van der Waals surface area contributed by atoms with Crippen molar-refractivity contribution in [3.05, 3.63) is 299 Å². The maximum Gasteiger partial charge on any atom is 0.488 e. The number of halogens is 2. The molecule has 110 heavy (non-hydrogen) atoms. The molecule has 0 saturated carbocycles. The summed E-state index contributed by atoms with van der Waals surface area (Å²) in [5, 5.41) is 161. The standard InChI is InChI=1S/C22H17NO5.C18H15NO4.2C15H10BrNO4.C7H9BO3.C3H7BO2/c1-28-17-8-2-13(3-9-17)19-12-23(14-4-6-15(24)7-5-14)22(27)21-18(19)10-16(25)11-20(21)26;1-2-3-11-10-19(12-4-6-13(20)7-5-12)18(23)17-15(11)8-14(21)9-16(17)22;2*16-12-7-17(8-1-3-9(18)4-2-8)15(21)14-11(12)5-10(19)6-13(14)20;9-5-6-1-3-7(4-2-6)8(10)11;1-2-3-4(5)6/h2-12,24-26H,1H3;2-10,20-22H,1H3;2*1-7,18-20H;1-4,9-11H,5H2;2-3,5-6H,1H3/b;3-2+;;;;3-2+. The van der Waals surface area contributed by atoms with Crippen LogP contribution < -0.4 is 32.4 Å². The molecular formula is C80H68B2Br2N4O22. The molecule has 0 bridgehead atoms. The van der Waals surface area contributed by atoms with Crippen molar-refractivity contribution < 1.29 is 91.2 Å². The molecule has 4 aromatic heterocycles. The third-order valence-corrected chi connectivity index (χ3v) is 17.6. The van der Waals surface area contributed by atoms with E-state index in [1.807, 2.05) is 25.1 Å². The number of ether oxygens (including phenoxy) is 1. The maximum atomic E-state index is 13.1. The van der Waals surface area contributed by atoms with Crippen molar-refractivity contribution in [1.82, 2.24) is 18.3 Å². The molecule has 0 atom stereocenters. The number of phenolic OH excluding ortho intramolecular Hbond substituents is 12. The maximum absolute atomic E-state index is 13.1. The average molecular weight is 1620 g/mol. The number of pyridine rings is 4. The second kappa shape index (κ2) is 35.9. The Kier molecular flexibility index (Phi) is 26.4. The minimum atomic E-state index is -1.43. The Morgan fingerprint density at radius 1 is 0.382 bits per heavy atom. The lowest BCUT2D eigenvalue weighted by atomic mass is 9.80. The van der Waals surface area contributed by atoms with Gasteiger partial charge >= 0.3 is 14.2 Å². The first-order valence-corrected chi connectivity index (χ1v) is 34.3. The summed E-state index contributed by atoms with van der Waals surface area (Å²) in [5.74, 6) is 0.697. The van der Waals surface area contributed by atoms with Crippen molar-refractivity contribution in [2.45, 2.75) is 20.5 Å². The SMILES string of the molecule is C/C=C/B(O)O.C/C=C/c1cn(-c2ccc(O)cc2)c(=O)c2c(O)cc(O)cc12.COc1ccc(-c2cn(-c3ccc(O)cc3)c(=O)c3c(O)cc(O)cc23)cc1.O=c1c2c(O)cc(O)cc2c(Br)cn1-c1ccc(O)cc1.O=c1c2c(O)cc(O)cc2c(Br)cn1-c1ccc(O)cc1.OCc1ccc(B(O)O)cc1. The molecule has 0 fully saturated rings. The molecule has 560 valence electrons. The fraction of sp³-hybridized carbons (Fsp3) is 0.0500. The monoisotopic (exact) mass is 1620 g/mol. The zero-order valence-electron chi connectivity index (χ0n) is 58.1. The highest BCUT2D eigenvalue weighted by Gasteiger charge is 2.20. The summed E-state index contributed by atoms with van der Waals surface area (Å²) in [4.78, 5) is 50.9. The van der Waals surface area contributed by atoms with Gasteiger partial charge in [-0.2, -0.15) is 0 Å². The third-order valence-electron chi connectivity index (χ3n) is 16.4. The fourth-order valence-corrected chi connectivity index (χ4v) is 12.2. The van der Waals surface area contributed by atoms with Crippen LogP contribution in [-0.4, -0.2) is 126 Å². The van der Waals surface area contributed by atoms with Crippen LogP contribution in [-0.2, 0) is 6.61 Å². The molecule has 10 aromatic carbocycles. The second-order valence-corrected chi connectivity index (χ2v) is 25.5. The van der Waals surface area contributed by atoms with Gasteiger partial charge in [-0.1, -0.05) is 60.6 Å². The molecule has 17 N–H and O–H groups in total. The van der Waals surface area contributed by atoms with Crippen molar-refractivity contribution in [3.63, 3.8) is 0 Å². The number of aromatic hydroxyl groups is 12. The van der Waals surface area contributed by atoms with Gasteiger partial charge in [-0.25, -0.2) is 0 Å². The molecule has 0 spiro atoms. The van der Waals surface area contributed by atoms with E-state index in [-0.39, 0.29) is 97.1 Å². The summed E-state index contributed by atoms with van der Waals surface area (Å²) in [6.45, 7) is 3.53. The Bertz CT molecular complexity index is 5830. The van der Waals surface area contributed by atoms with E-state index in [0.29, 0.717) is 75.6 Å². The summed E-state index contributed by atoms with van der Waals surface area (Å²) in [6.07, 6.45) is 11.6. The van der Waals surface area contributed by atoms with Crippen LogP contribution >= 0.6 is 31.9 Å². The van der Waals surface area contributed by atoms with Gasteiger partial charge in [0.2, 0.25) is 0 Å². The minimum absolute atomic E-state index is 0.0260. The van der Waals surface area contributed by atoms with Gasteiger partial charge in [-0.05, 0) is 201 Å². The Morgan fingerprint density at radius 3 is 1.03 bits per heavy atom. The number of allylic oxidation sites excluding steroid dienone is 2. The van der Waals surface area contributed by atoms with E-state index in [1.54, 1.807) is 136 Å². The molecule has 0 saturated heterocycles. The van der Waals surface area contributed by atoms with Crippen molar-refractivity contribution in [3.8, 4) is 109 Å². The smallest absolute Gasteiger partial charge is 0.488 e. The highest BCUT2D eigenvalue weighted by molar-refractivity contribution is 9.11. The van der Waals surface area contributed by atoms with Crippen molar-refractivity contribution in [1.29, 1.82) is 0 Å². The number of fused-ring (bicyclic) bond motifs is 4. The van der Waals surface area contributed by atoms with E-state index in [9.17, 15) is 80.5 Å². The highest BCUT2D eigenvalue weighted by Crippen LogP contribution is 2.38. The molecule has 0 unspecified atom stereocenters. The van der Waals surface area contributed by atoms with Crippen molar-refractivity contribution in [2.24, 2.45) is 0 Å². The second-order valence-electron chi connectivity index (χ2n) is 23.8. The van der Waals surface area contributed by atoms with Gasteiger partial charge in [0, 0.05) is 108 Å². The third kappa shape index (κ3) is 19.1. The van der Waals surface area contributed by atoms with Crippen LogP contribution in [0.3, 0.4) is 0 Å². The van der Waals surface area contributed by atoms with Gasteiger partial charge in [-0.15, -0.1) is 0 Å². The van der Waals surface area contributed by atoms with Gasteiger partial charge in [0.15, 0.2) is 0 Å². The predicted molar refractivity (Wildman–Crippen MR) is 427 cm³/mol. The van der Waals surface area contributed by atoms with E-state index in [0.717, 1.165) is 35.4 Å².